The van der Waals surface area contributed by atoms with E-state index in [-0.39, 0.29) is 11.6 Å². The predicted molar refractivity (Wildman–Crippen MR) is 65.7 cm³/mol. The van der Waals surface area contributed by atoms with Crippen molar-refractivity contribution in [2.24, 2.45) is 5.92 Å². The molecule has 0 spiro atoms. The number of para-hydroxylation sites is 1. The van der Waals surface area contributed by atoms with Crippen LogP contribution >= 0.6 is 0 Å². The van der Waals surface area contributed by atoms with Crippen molar-refractivity contribution in [2.45, 2.75) is 26.8 Å². The summed E-state index contributed by atoms with van der Waals surface area (Å²) < 4.78 is 0. The zero-order valence-electron chi connectivity index (χ0n) is 9.82. The van der Waals surface area contributed by atoms with Crippen molar-refractivity contribution in [3.8, 4) is 0 Å². The Labute approximate surface area is 95.5 Å². The average molecular weight is 222 g/mol. The fourth-order valence-corrected chi connectivity index (χ4v) is 1.29. The number of nitrogens with two attached hydrogens (primary N) is 1. The lowest BCUT2D eigenvalue weighted by molar-refractivity contribution is 0.0698. The van der Waals surface area contributed by atoms with Crippen LogP contribution in [0.1, 0.15) is 31.1 Å². The molecule has 0 radical (unpaired) electrons. The normalized spacial score (nSPS) is 12.5. The number of carbonyl (C=O) groups is 1. The fraction of sp³-hybridized carbons (Fsp3) is 0.417. The van der Waals surface area contributed by atoms with Gasteiger partial charge in [-0.25, -0.2) is 4.79 Å². The van der Waals surface area contributed by atoms with Crippen molar-refractivity contribution in [3.05, 3.63) is 23.8 Å². The topological polar surface area (TPSA) is 75.3 Å². The molecule has 1 unspecified atom stereocenters. The van der Waals surface area contributed by atoms with E-state index < -0.39 is 5.97 Å². The number of aromatic carboxylic acids is 1. The van der Waals surface area contributed by atoms with Crippen LogP contribution in [0.3, 0.4) is 0 Å². The summed E-state index contributed by atoms with van der Waals surface area (Å²) in [5.74, 6) is -0.550. The van der Waals surface area contributed by atoms with Gasteiger partial charge in [-0.1, -0.05) is 19.9 Å². The van der Waals surface area contributed by atoms with Crippen LogP contribution in [0.15, 0.2) is 18.2 Å². The molecule has 16 heavy (non-hydrogen) atoms. The van der Waals surface area contributed by atoms with Gasteiger partial charge in [0.15, 0.2) is 0 Å². The quantitative estimate of drug-likeness (QED) is 0.684. The molecule has 0 bridgehead atoms. The number of carboxylic acids is 1. The van der Waals surface area contributed by atoms with Gasteiger partial charge in [0.2, 0.25) is 0 Å². The summed E-state index contributed by atoms with van der Waals surface area (Å²) in [4.78, 5) is 10.9. The molecule has 0 aromatic heterocycles. The summed E-state index contributed by atoms with van der Waals surface area (Å²) in [5, 5.41) is 12.1. The van der Waals surface area contributed by atoms with Crippen LogP contribution in [0.25, 0.3) is 0 Å². The molecule has 1 aromatic rings. The molecule has 1 atom stereocenters. The maximum absolute atomic E-state index is 10.9. The third kappa shape index (κ3) is 2.66. The Morgan fingerprint density at radius 2 is 2.00 bits per heavy atom. The molecule has 0 saturated carbocycles. The predicted octanol–water partition coefficient (Wildman–Crippen LogP) is 2.42. The number of nitrogen functional groups attached to an aromatic ring is 1. The van der Waals surface area contributed by atoms with Crippen LogP contribution < -0.4 is 11.1 Å². The highest BCUT2D eigenvalue weighted by molar-refractivity contribution is 5.97. The molecule has 4 heteroatoms. The fourth-order valence-electron chi connectivity index (χ4n) is 1.29. The van der Waals surface area contributed by atoms with Gasteiger partial charge in [-0.15, -0.1) is 0 Å². The molecule has 0 aliphatic heterocycles. The third-order valence-corrected chi connectivity index (χ3v) is 2.72. The summed E-state index contributed by atoms with van der Waals surface area (Å²) in [5.41, 5.74) is 6.90. The van der Waals surface area contributed by atoms with Gasteiger partial charge >= 0.3 is 5.97 Å². The first-order valence-electron chi connectivity index (χ1n) is 5.31. The first kappa shape index (κ1) is 12.4. The first-order chi connectivity index (χ1) is 7.43. The molecule has 0 aliphatic carbocycles. The molecule has 0 amide bonds. The van der Waals surface area contributed by atoms with Crippen molar-refractivity contribution < 1.29 is 9.90 Å². The molecule has 4 nitrogen and oxygen atoms in total. The van der Waals surface area contributed by atoms with Crippen molar-refractivity contribution in [1.29, 1.82) is 0 Å². The number of hydrogen-bond acceptors (Lipinski definition) is 3. The number of anilines is 2. The lowest BCUT2D eigenvalue weighted by Crippen LogP contribution is -2.22. The Kier molecular flexibility index (Phi) is 3.77. The highest BCUT2D eigenvalue weighted by Gasteiger charge is 2.13. The zero-order chi connectivity index (χ0) is 12.3. The van der Waals surface area contributed by atoms with Crippen LogP contribution in [0.2, 0.25) is 0 Å². The largest absolute Gasteiger partial charge is 0.478 e. The summed E-state index contributed by atoms with van der Waals surface area (Å²) in [7, 11) is 0. The summed E-state index contributed by atoms with van der Waals surface area (Å²) in [6.45, 7) is 6.22. The second kappa shape index (κ2) is 4.88. The van der Waals surface area contributed by atoms with E-state index in [1.807, 2.05) is 6.92 Å². The number of carboxylic acid groups (broad SMARTS) is 1. The summed E-state index contributed by atoms with van der Waals surface area (Å²) >= 11 is 0. The van der Waals surface area contributed by atoms with Gasteiger partial charge in [-0.05, 0) is 25.0 Å². The number of benzene rings is 1. The molecule has 4 N–H and O–H groups in total. The van der Waals surface area contributed by atoms with Crippen molar-refractivity contribution in [2.75, 3.05) is 11.1 Å². The highest BCUT2D eigenvalue weighted by Crippen LogP contribution is 2.24. The van der Waals surface area contributed by atoms with E-state index in [9.17, 15) is 4.79 Å². The highest BCUT2D eigenvalue weighted by atomic mass is 16.4. The lowest BCUT2D eigenvalue weighted by atomic mass is 10.1. The molecular formula is C12H18N2O2. The number of nitrogens with one attached hydrogen (secondary N) is 1. The van der Waals surface area contributed by atoms with Gasteiger partial charge in [-0.2, -0.15) is 0 Å². The monoisotopic (exact) mass is 222 g/mol. The third-order valence-electron chi connectivity index (χ3n) is 2.72. The molecule has 0 aliphatic rings. The van der Waals surface area contributed by atoms with Gasteiger partial charge in [-0.3, -0.25) is 0 Å². The number of hydrogen-bond donors (Lipinski definition) is 3. The Bertz CT molecular complexity index is 389. The van der Waals surface area contributed by atoms with E-state index >= 15 is 0 Å². The lowest BCUT2D eigenvalue weighted by Gasteiger charge is -2.20. The maximum Gasteiger partial charge on any atom is 0.337 e. The standard InChI is InChI=1S/C12H18N2O2/c1-7(2)8(3)14-10-6-4-5-9(11(10)13)12(15)16/h4-8,14H,13H2,1-3H3,(H,15,16). The molecule has 88 valence electrons. The van der Waals surface area contributed by atoms with Crippen LogP contribution in [-0.2, 0) is 0 Å². The minimum atomic E-state index is -1.00. The van der Waals surface area contributed by atoms with Crippen molar-refractivity contribution in [1.82, 2.24) is 0 Å². The first-order valence-corrected chi connectivity index (χ1v) is 5.31. The smallest absolute Gasteiger partial charge is 0.337 e. The van der Waals surface area contributed by atoms with E-state index in [0.29, 0.717) is 17.3 Å². The average Bonchev–Trinajstić information content (AvgIpc) is 2.20. The summed E-state index contributed by atoms with van der Waals surface area (Å²) in [6.07, 6.45) is 0. The zero-order valence-corrected chi connectivity index (χ0v) is 9.82. The van der Waals surface area contributed by atoms with Gasteiger partial charge in [0, 0.05) is 6.04 Å². The van der Waals surface area contributed by atoms with E-state index in [2.05, 4.69) is 19.2 Å². The van der Waals surface area contributed by atoms with Crippen LogP contribution in [-0.4, -0.2) is 17.1 Å². The molecule has 1 rings (SSSR count). The molecular weight excluding hydrogens is 204 g/mol. The molecule has 0 fully saturated rings. The molecule has 0 heterocycles. The second-order valence-electron chi connectivity index (χ2n) is 4.25. The van der Waals surface area contributed by atoms with Crippen LogP contribution in [0.4, 0.5) is 11.4 Å². The van der Waals surface area contributed by atoms with Crippen molar-refractivity contribution >= 4 is 17.3 Å². The molecule has 0 saturated heterocycles. The summed E-state index contributed by atoms with van der Waals surface area (Å²) in [6, 6.07) is 5.23. The van der Waals surface area contributed by atoms with Crippen LogP contribution in [0.5, 0.6) is 0 Å². The Balaban J connectivity index is 2.98. The number of rotatable bonds is 4. The minimum Gasteiger partial charge on any atom is -0.478 e. The maximum atomic E-state index is 10.9. The Morgan fingerprint density at radius 3 is 2.50 bits per heavy atom. The SMILES string of the molecule is CC(C)C(C)Nc1cccc(C(=O)O)c1N. The van der Waals surface area contributed by atoms with E-state index in [1.165, 1.54) is 6.07 Å². The Hall–Kier alpha value is -1.71. The van der Waals surface area contributed by atoms with Gasteiger partial charge < -0.3 is 16.2 Å². The van der Waals surface area contributed by atoms with E-state index in [4.69, 9.17) is 10.8 Å². The minimum absolute atomic E-state index is 0.140. The van der Waals surface area contributed by atoms with E-state index in [0.717, 1.165) is 0 Å². The van der Waals surface area contributed by atoms with Crippen molar-refractivity contribution in [3.63, 3.8) is 0 Å². The second-order valence-corrected chi connectivity index (χ2v) is 4.25. The van der Waals surface area contributed by atoms with Gasteiger partial charge in [0.25, 0.3) is 0 Å². The van der Waals surface area contributed by atoms with Gasteiger partial charge in [0.05, 0.1) is 16.9 Å². The Morgan fingerprint density at radius 1 is 1.38 bits per heavy atom. The molecule has 1 aromatic carbocycles. The van der Waals surface area contributed by atoms with Gasteiger partial charge in [0.1, 0.15) is 0 Å². The van der Waals surface area contributed by atoms with E-state index in [1.54, 1.807) is 12.1 Å². The van der Waals surface area contributed by atoms with Crippen LogP contribution in [0, 0.1) is 5.92 Å².